The number of unbranched alkanes of at least 4 members (excludes halogenated alkanes) is 45. The highest BCUT2D eigenvalue weighted by Gasteiger charge is 2.30. The largest absolute Gasteiger partial charge is 0.472 e. The third-order valence-corrected chi connectivity index (χ3v) is 20.2. The maximum Gasteiger partial charge on any atom is 0.472 e. The van der Waals surface area contributed by atoms with Crippen LogP contribution in [-0.2, 0) is 65.4 Å². The van der Waals surface area contributed by atoms with Crippen LogP contribution in [0.15, 0.2) is 0 Å². The Balaban J connectivity index is 5.25. The molecule has 0 aromatic rings. The third kappa shape index (κ3) is 69.2. The van der Waals surface area contributed by atoms with Crippen LogP contribution in [0.1, 0.15) is 401 Å². The molecule has 19 heteroatoms. The summed E-state index contributed by atoms with van der Waals surface area (Å²) in [6.07, 6.45) is 56.6. The number of hydrogen-bond acceptors (Lipinski definition) is 15. The van der Waals surface area contributed by atoms with Gasteiger partial charge in [0.05, 0.1) is 26.4 Å². The first-order valence-corrected chi connectivity index (χ1v) is 43.0. The Kier molecular flexibility index (Phi) is 67.4. The Morgan fingerprint density at radius 1 is 0.302 bits per heavy atom. The number of ether oxygens (including phenoxy) is 4. The average Bonchev–Trinajstić information content (AvgIpc) is 3.09. The molecular weight excluding hydrogens is 1260 g/mol. The smallest absolute Gasteiger partial charge is 0.462 e. The molecule has 0 fully saturated rings. The van der Waals surface area contributed by atoms with E-state index in [2.05, 4.69) is 41.5 Å². The minimum atomic E-state index is -4.96. The molecule has 0 aliphatic carbocycles. The van der Waals surface area contributed by atoms with Crippen molar-refractivity contribution in [2.24, 2.45) is 11.8 Å². The van der Waals surface area contributed by atoms with Crippen molar-refractivity contribution in [3.05, 3.63) is 0 Å². The average molecular weight is 1410 g/mol. The van der Waals surface area contributed by atoms with E-state index in [1.165, 1.54) is 218 Å². The first-order valence-electron chi connectivity index (χ1n) is 40.0. The van der Waals surface area contributed by atoms with Crippen molar-refractivity contribution >= 4 is 39.5 Å². The Labute approximate surface area is 588 Å². The van der Waals surface area contributed by atoms with Gasteiger partial charge in [-0.05, 0) is 37.5 Å². The zero-order valence-electron chi connectivity index (χ0n) is 62.7. The van der Waals surface area contributed by atoms with Crippen molar-refractivity contribution in [1.82, 2.24) is 0 Å². The molecule has 3 N–H and O–H groups in total. The number of carbonyl (C=O) groups is 4. The Hall–Kier alpha value is -1.94. The second-order valence-electron chi connectivity index (χ2n) is 28.5. The van der Waals surface area contributed by atoms with Crippen LogP contribution in [0.25, 0.3) is 0 Å². The van der Waals surface area contributed by atoms with E-state index in [-0.39, 0.29) is 25.7 Å². The number of aliphatic hydroxyl groups excluding tert-OH is 1. The van der Waals surface area contributed by atoms with Gasteiger partial charge in [-0.1, -0.05) is 350 Å². The van der Waals surface area contributed by atoms with Gasteiger partial charge in [0.1, 0.15) is 19.3 Å². The van der Waals surface area contributed by atoms with E-state index >= 15 is 0 Å². The number of hydrogen-bond donors (Lipinski definition) is 3. The fourth-order valence-electron chi connectivity index (χ4n) is 11.8. The normalized spacial score (nSPS) is 14.3. The lowest BCUT2D eigenvalue weighted by atomic mass is 9.99. The quantitative estimate of drug-likeness (QED) is 0.0222. The zero-order valence-corrected chi connectivity index (χ0v) is 64.5. The summed E-state index contributed by atoms with van der Waals surface area (Å²) < 4.78 is 68.6. The molecule has 0 rings (SSSR count). The third-order valence-electron chi connectivity index (χ3n) is 18.3. The van der Waals surface area contributed by atoms with E-state index < -0.39 is 97.5 Å². The molecule has 0 saturated heterocycles. The Morgan fingerprint density at radius 2 is 0.531 bits per heavy atom. The van der Waals surface area contributed by atoms with Crippen molar-refractivity contribution < 1.29 is 80.2 Å². The maximum absolute atomic E-state index is 13.1. The minimum Gasteiger partial charge on any atom is -0.462 e. The van der Waals surface area contributed by atoms with Gasteiger partial charge >= 0.3 is 39.5 Å². The van der Waals surface area contributed by atoms with Crippen LogP contribution in [0.2, 0.25) is 0 Å². The molecule has 0 aromatic carbocycles. The first kappa shape index (κ1) is 94.1. The molecule has 0 aliphatic rings. The number of carbonyl (C=O) groups excluding carboxylic acids is 4. The van der Waals surface area contributed by atoms with Crippen LogP contribution in [0.4, 0.5) is 0 Å². The van der Waals surface area contributed by atoms with Gasteiger partial charge in [-0.15, -0.1) is 0 Å². The van der Waals surface area contributed by atoms with Gasteiger partial charge in [0.25, 0.3) is 0 Å². The summed E-state index contributed by atoms with van der Waals surface area (Å²) in [4.78, 5) is 72.9. The molecular formula is C77H150O17P2. The van der Waals surface area contributed by atoms with E-state index in [1.54, 1.807) is 0 Å². The zero-order chi connectivity index (χ0) is 70.7. The topological polar surface area (TPSA) is 237 Å². The van der Waals surface area contributed by atoms with E-state index in [0.29, 0.717) is 25.7 Å². The molecule has 0 aromatic heterocycles. The van der Waals surface area contributed by atoms with Crippen LogP contribution in [-0.4, -0.2) is 96.7 Å². The number of phosphoric ester groups is 2. The van der Waals surface area contributed by atoms with Crippen LogP contribution in [0, 0.1) is 11.8 Å². The lowest BCUT2D eigenvalue weighted by molar-refractivity contribution is -0.161. The monoisotopic (exact) mass is 1410 g/mol. The lowest BCUT2D eigenvalue weighted by Gasteiger charge is -2.21. The number of rotatable bonds is 76. The molecule has 96 heavy (non-hydrogen) atoms. The van der Waals surface area contributed by atoms with E-state index in [9.17, 15) is 43.2 Å². The second kappa shape index (κ2) is 68.8. The predicted octanol–water partition coefficient (Wildman–Crippen LogP) is 22.7. The molecule has 570 valence electrons. The van der Waals surface area contributed by atoms with Crippen molar-refractivity contribution in [1.29, 1.82) is 0 Å². The highest BCUT2D eigenvalue weighted by atomic mass is 31.2. The number of phosphoric acid groups is 2. The van der Waals surface area contributed by atoms with E-state index in [1.807, 2.05) is 0 Å². The van der Waals surface area contributed by atoms with Crippen molar-refractivity contribution in [2.75, 3.05) is 39.6 Å². The predicted molar refractivity (Wildman–Crippen MR) is 391 cm³/mol. The van der Waals surface area contributed by atoms with Crippen LogP contribution < -0.4 is 0 Å². The summed E-state index contributed by atoms with van der Waals surface area (Å²) >= 11 is 0. The van der Waals surface area contributed by atoms with Gasteiger partial charge in [-0.3, -0.25) is 37.3 Å². The van der Waals surface area contributed by atoms with E-state index in [0.717, 1.165) is 102 Å². The Morgan fingerprint density at radius 3 is 0.792 bits per heavy atom. The maximum atomic E-state index is 13.1. The molecule has 0 radical (unpaired) electrons. The summed E-state index contributed by atoms with van der Waals surface area (Å²) in [5.74, 6) is -0.495. The van der Waals surface area contributed by atoms with Gasteiger partial charge in [-0.2, -0.15) is 0 Å². The minimum absolute atomic E-state index is 0.108. The van der Waals surface area contributed by atoms with Gasteiger partial charge in [0, 0.05) is 25.7 Å². The molecule has 0 saturated carbocycles. The molecule has 0 amide bonds. The van der Waals surface area contributed by atoms with Gasteiger partial charge in [-0.25, -0.2) is 9.13 Å². The fraction of sp³-hybridized carbons (Fsp3) is 0.948. The van der Waals surface area contributed by atoms with E-state index in [4.69, 9.17) is 37.0 Å². The fourth-order valence-corrected chi connectivity index (χ4v) is 13.4. The van der Waals surface area contributed by atoms with Crippen molar-refractivity contribution in [3.63, 3.8) is 0 Å². The van der Waals surface area contributed by atoms with Crippen LogP contribution in [0.3, 0.4) is 0 Å². The molecule has 17 nitrogen and oxygen atoms in total. The summed E-state index contributed by atoms with van der Waals surface area (Å²) in [6, 6.07) is 0. The standard InChI is InChI=1S/C77H150O17P2/c1-7-10-12-14-16-18-20-23-30-37-43-49-55-61-76(81)93-72(65-87-74(79)59-53-47-41-35-27-19-17-15-13-11-8-2)67-91-95(83,84)89-63-71(78)64-90-96(85,86)92-68-73(66-88-75(80)60-54-48-42-36-32-26-28-33-39-45-51-57-69(4)5)94-77(82)62-56-50-44-38-31-25-22-21-24-29-34-40-46-52-58-70(6)9-3/h69-73,78H,7-68H2,1-6H3,(H,83,84)(H,85,86)/t70?,71-,72+,73+/m0/s1. The SMILES string of the molecule is CCCCCCCCCCCCCCCC(=O)O[C@H](COC(=O)CCCCCCCCCCCCC)COP(=O)(O)OC[C@H](O)COP(=O)(O)OC[C@@H](COC(=O)CCCCCCCCCCCCCC(C)C)OC(=O)CCCCCCCCCCCCCCCCC(C)CC. The van der Waals surface area contributed by atoms with Crippen molar-refractivity contribution in [3.8, 4) is 0 Å². The molecule has 0 heterocycles. The molecule has 0 bridgehead atoms. The highest BCUT2D eigenvalue weighted by Crippen LogP contribution is 2.45. The summed E-state index contributed by atoms with van der Waals surface area (Å²) in [7, 11) is -9.91. The van der Waals surface area contributed by atoms with Gasteiger partial charge < -0.3 is 33.8 Å². The molecule has 0 aliphatic heterocycles. The summed E-state index contributed by atoms with van der Waals surface area (Å²) in [5.41, 5.74) is 0. The van der Waals surface area contributed by atoms with Crippen molar-refractivity contribution in [2.45, 2.75) is 419 Å². The lowest BCUT2D eigenvalue weighted by Crippen LogP contribution is -2.30. The molecule has 6 atom stereocenters. The summed E-state index contributed by atoms with van der Waals surface area (Å²) in [6.45, 7) is 9.67. The molecule has 0 spiro atoms. The van der Waals surface area contributed by atoms with Crippen LogP contribution >= 0.6 is 15.6 Å². The Bertz CT molecular complexity index is 1860. The highest BCUT2D eigenvalue weighted by molar-refractivity contribution is 7.47. The number of esters is 4. The van der Waals surface area contributed by atoms with Gasteiger partial charge in [0.15, 0.2) is 12.2 Å². The van der Waals surface area contributed by atoms with Gasteiger partial charge in [0.2, 0.25) is 0 Å². The second-order valence-corrected chi connectivity index (χ2v) is 31.4. The van der Waals surface area contributed by atoms with Crippen LogP contribution in [0.5, 0.6) is 0 Å². The first-order chi connectivity index (χ1) is 46.4. The number of aliphatic hydroxyl groups is 1. The molecule has 3 unspecified atom stereocenters. The summed E-state index contributed by atoms with van der Waals surface area (Å²) in [5, 5.41) is 10.6.